The number of carbonyl (C=O) groups excluding carboxylic acids is 2. The first-order chi connectivity index (χ1) is 11.1. The summed E-state index contributed by atoms with van der Waals surface area (Å²) < 4.78 is 5.08. The lowest BCUT2D eigenvalue weighted by Gasteiger charge is -2.21. The fraction of sp³-hybridized carbons (Fsp3) is 0.353. The Morgan fingerprint density at radius 1 is 1.30 bits per heavy atom. The molecule has 1 aromatic carbocycles. The number of aromatic amines is 1. The minimum absolute atomic E-state index is 0.387. The topological polar surface area (TPSA) is 95.0 Å². The van der Waals surface area contributed by atoms with Crippen molar-refractivity contribution in [3.63, 3.8) is 0 Å². The molecular weight excluding hydrogens is 294 g/mol. The molecule has 1 aromatic heterocycles. The summed E-state index contributed by atoms with van der Waals surface area (Å²) in [4.78, 5) is 27.1. The van der Waals surface area contributed by atoms with E-state index in [4.69, 9.17) is 4.74 Å². The number of ether oxygens (including phenoxy) is 1. The van der Waals surface area contributed by atoms with E-state index < -0.39 is 17.4 Å². The molecular formula is C17H17N3O3. The Labute approximate surface area is 133 Å². The molecule has 0 unspecified atom stereocenters. The van der Waals surface area contributed by atoms with Crippen molar-refractivity contribution in [3.05, 3.63) is 36.0 Å². The molecule has 1 aliphatic carbocycles. The first kappa shape index (κ1) is 15.1. The van der Waals surface area contributed by atoms with Gasteiger partial charge in [-0.1, -0.05) is 18.2 Å². The summed E-state index contributed by atoms with van der Waals surface area (Å²) >= 11 is 0. The van der Waals surface area contributed by atoms with E-state index in [0.717, 1.165) is 23.7 Å². The van der Waals surface area contributed by atoms with Gasteiger partial charge in [0.1, 0.15) is 5.54 Å². The quantitative estimate of drug-likeness (QED) is 0.847. The van der Waals surface area contributed by atoms with Crippen LogP contribution in [0.5, 0.6) is 0 Å². The molecule has 1 saturated carbocycles. The number of benzene rings is 1. The van der Waals surface area contributed by atoms with E-state index in [2.05, 4.69) is 16.4 Å². The predicted molar refractivity (Wildman–Crippen MR) is 83.5 cm³/mol. The van der Waals surface area contributed by atoms with Crippen molar-refractivity contribution >= 4 is 22.8 Å². The number of fused-ring (bicyclic) bond motifs is 1. The van der Waals surface area contributed by atoms with Crippen LogP contribution in [-0.2, 0) is 9.53 Å². The molecule has 1 aliphatic rings. The molecule has 0 spiro atoms. The van der Waals surface area contributed by atoms with E-state index >= 15 is 0 Å². The van der Waals surface area contributed by atoms with Gasteiger partial charge in [-0.25, -0.2) is 4.79 Å². The van der Waals surface area contributed by atoms with E-state index in [-0.39, 0.29) is 6.61 Å². The number of nitrogens with zero attached hydrogens (tertiary/aromatic N) is 1. The van der Waals surface area contributed by atoms with Crippen LogP contribution in [0.15, 0.2) is 30.5 Å². The molecule has 6 heteroatoms. The highest BCUT2D eigenvalue weighted by atomic mass is 16.5. The standard InChI is InChI=1S/C17H17N3O3/c18-11-17(7-3-4-8-17)20-15(21)10-23-16(22)13-9-19-14-6-2-1-5-12(13)14/h1-2,5-6,9,19H,3-4,7-8,10H2,(H,20,21). The molecule has 1 heterocycles. The number of rotatable bonds is 4. The molecule has 6 nitrogen and oxygen atoms in total. The van der Waals surface area contributed by atoms with Crippen LogP contribution < -0.4 is 5.32 Å². The average molecular weight is 311 g/mol. The molecule has 0 saturated heterocycles. The molecule has 2 aromatic rings. The van der Waals surface area contributed by atoms with E-state index in [1.165, 1.54) is 0 Å². The Morgan fingerprint density at radius 2 is 2.04 bits per heavy atom. The van der Waals surface area contributed by atoms with Gasteiger partial charge in [-0.15, -0.1) is 0 Å². The van der Waals surface area contributed by atoms with Crippen molar-refractivity contribution in [2.24, 2.45) is 0 Å². The zero-order valence-electron chi connectivity index (χ0n) is 12.6. The summed E-state index contributed by atoms with van der Waals surface area (Å²) in [5.41, 5.74) is 0.423. The maximum atomic E-state index is 12.1. The lowest BCUT2D eigenvalue weighted by atomic mass is 10.00. The third-order valence-electron chi connectivity index (χ3n) is 4.19. The van der Waals surface area contributed by atoms with Crippen LogP contribution in [0.4, 0.5) is 0 Å². The van der Waals surface area contributed by atoms with Crippen molar-refractivity contribution in [1.29, 1.82) is 5.26 Å². The number of hydrogen-bond donors (Lipinski definition) is 2. The third-order valence-corrected chi connectivity index (χ3v) is 4.19. The number of nitriles is 1. The number of nitrogens with one attached hydrogen (secondary N) is 2. The average Bonchev–Trinajstić information content (AvgIpc) is 3.20. The third kappa shape index (κ3) is 3.04. The zero-order valence-corrected chi connectivity index (χ0v) is 12.6. The van der Waals surface area contributed by atoms with Crippen molar-refractivity contribution in [3.8, 4) is 6.07 Å². The summed E-state index contributed by atoms with van der Waals surface area (Å²) in [5.74, 6) is -1.00. The van der Waals surface area contributed by atoms with Gasteiger partial charge in [-0.05, 0) is 31.7 Å². The number of aromatic nitrogens is 1. The van der Waals surface area contributed by atoms with Crippen LogP contribution in [0.1, 0.15) is 36.0 Å². The highest BCUT2D eigenvalue weighted by Crippen LogP contribution is 2.28. The Morgan fingerprint density at radius 3 is 2.78 bits per heavy atom. The van der Waals surface area contributed by atoms with Crippen molar-refractivity contribution < 1.29 is 14.3 Å². The molecule has 0 aliphatic heterocycles. The molecule has 3 rings (SSSR count). The molecule has 0 radical (unpaired) electrons. The van der Waals surface area contributed by atoms with Gasteiger partial charge in [-0.2, -0.15) is 5.26 Å². The molecule has 2 N–H and O–H groups in total. The van der Waals surface area contributed by atoms with Gasteiger partial charge in [0.05, 0.1) is 11.6 Å². The fourth-order valence-electron chi connectivity index (χ4n) is 3.00. The summed E-state index contributed by atoms with van der Waals surface area (Å²) in [7, 11) is 0. The monoisotopic (exact) mass is 311 g/mol. The van der Waals surface area contributed by atoms with E-state index in [1.54, 1.807) is 6.20 Å². The van der Waals surface area contributed by atoms with Gasteiger partial charge >= 0.3 is 5.97 Å². The number of H-pyrrole nitrogens is 1. The van der Waals surface area contributed by atoms with Crippen molar-refractivity contribution in [2.75, 3.05) is 6.61 Å². The Kier molecular flexibility index (Phi) is 4.02. The normalized spacial score (nSPS) is 16.0. The maximum absolute atomic E-state index is 12.1. The number of carbonyl (C=O) groups is 2. The van der Waals surface area contributed by atoms with Crippen LogP contribution in [0.3, 0.4) is 0 Å². The van der Waals surface area contributed by atoms with Crippen molar-refractivity contribution in [2.45, 2.75) is 31.2 Å². The summed E-state index contributed by atoms with van der Waals surface area (Å²) in [6.07, 6.45) is 4.70. The second-order valence-corrected chi connectivity index (χ2v) is 5.77. The van der Waals surface area contributed by atoms with Gasteiger partial charge in [-0.3, -0.25) is 4.79 Å². The zero-order chi connectivity index (χ0) is 16.3. The van der Waals surface area contributed by atoms with Crippen LogP contribution in [0.2, 0.25) is 0 Å². The molecule has 0 atom stereocenters. The maximum Gasteiger partial charge on any atom is 0.340 e. The van der Waals surface area contributed by atoms with Gasteiger partial charge < -0.3 is 15.0 Å². The number of esters is 1. The predicted octanol–water partition coefficient (Wildman–Crippen LogP) is 2.28. The van der Waals surface area contributed by atoms with Gasteiger partial charge in [0.25, 0.3) is 5.91 Å². The lowest BCUT2D eigenvalue weighted by Crippen LogP contribution is -2.46. The SMILES string of the molecule is N#CC1(NC(=O)COC(=O)c2c[nH]c3ccccc23)CCCC1. The largest absolute Gasteiger partial charge is 0.452 e. The summed E-state index contributed by atoms with van der Waals surface area (Å²) in [6.45, 7) is -0.387. The molecule has 1 fully saturated rings. The second kappa shape index (κ2) is 6.13. The molecule has 0 bridgehead atoms. The number of amides is 1. The van der Waals surface area contributed by atoms with E-state index in [0.29, 0.717) is 18.4 Å². The van der Waals surface area contributed by atoms with Crippen LogP contribution >= 0.6 is 0 Å². The Bertz CT molecular complexity index is 782. The highest BCUT2D eigenvalue weighted by molar-refractivity contribution is 6.04. The summed E-state index contributed by atoms with van der Waals surface area (Å²) in [6, 6.07) is 9.53. The van der Waals surface area contributed by atoms with Crippen LogP contribution in [0, 0.1) is 11.3 Å². The first-order valence-electron chi connectivity index (χ1n) is 7.59. The Hall–Kier alpha value is -2.81. The molecule has 23 heavy (non-hydrogen) atoms. The van der Waals surface area contributed by atoms with Gasteiger partial charge in [0.15, 0.2) is 6.61 Å². The second-order valence-electron chi connectivity index (χ2n) is 5.77. The highest BCUT2D eigenvalue weighted by Gasteiger charge is 2.35. The number of para-hydroxylation sites is 1. The van der Waals surface area contributed by atoms with Crippen molar-refractivity contribution in [1.82, 2.24) is 10.3 Å². The van der Waals surface area contributed by atoms with Crippen LogP contribution in [0.25, 0.3) is 10.9 Å². The van der Waals surface area contributed by atoms with E-state index in [1.807, 2.05) is 24.3 Å². The van der Waals surface area contributed by atoms with Gasteiger partial charge in [0, 0.05) is 17.1 Å². The Balaban J connectivity index is 1.61. The first-order valence-corrected chi connectivity index (χ1v) is 7.59. The lowest BCUT2D eigenvalue weighted by molar-refractivity contribution is -0.125. The number of hydrogen-bond acceptors (Lipinski definition) is 4. The smallest absolute Gasteiger partial charge is 0.340 e. The molecule has 118 valence electrons. The minimum Gasteiger partial charge on any atom is -0.452 e. The van der Waals surface area contributed by atoms with Gasteiger partial charge in [0.2, 0.25) is 0 Å². The summed E-state index contributed by atoms with van der Waals surface area (Å²) in [5, 5.41) is 12.7. The van der Waals surface area contributed by atoms with Crippen LogP contribution in [-0.4, -0.2) is 29.0 Å². The fourth-order valence-corrected chi connectivity index (χ4v) is 3.00. The minimum atomic E-state index is -0.801. The molecule has 1 amide bonds. The van der Waals surface area contributed by atoms with E-state index in [9.17, 15) is 14.9 Å².